The molecule has 0 amide bonds. The fourth-order valence-electron chi connectivity index (χ4n) is 2.97. The second-order valence-corrected chi connectivity index (χ2v) is 5.68. The molecule has 0 bridgehead atoms. The van der Waals surface area contributed by atoms with Crippen LogP contribution in [-0.4, -0.2) is 32.0 Å². The summed E-state index contributed by atoms with van der Waals surface area (Å²) in [5.74, 6) is 1.54. The van der Waals surface area contributed by atoms with Crippen LogP contribution >= 0.6 is 0 Å². The lowest BCUT2D eigenvalue weighted by Crippen LogP contribution is -2.47. The summed E-state index contributed by atoms with van der Waals surface area (Å²) in [7, 11) is 3.30. The van der Waals surface area contributed by atoms with Gasteiger partial charge in [-0.25, -0.2) is 0 Å². The van der Waals surface area contributed by atoms with Gasteiger partial charge in [0.05, 0.1) is 26.4 Å². The van der Waals surface area contributed by atoms with E-state index in [4.69, 9.17) is 9.47 Å². The number of hydrogen-bond acceptors (Lipinski definition) is 4. The Kier molecular flexibility index (Phi) is 4.89. The molecule has 0 aromatic heterocycles. The molecular formula is C16H25NO3. The van der Waals surface area contributed by atoms with E-state index in [9.17, 15) is 5.11 Å². The molecule has 2 N–H and O–H groups in total. The quantitative estimate of drug-likeness (QED) is 0.840. The van der Waals surface area contributed by atoms with Gasteiger partial charge in [0.25, 0.3) is 0 Å². The van der Waals surface area contributed by atoms with Crippen molar-refractivity contribution in [1.29, 1.82) is 0 Å². The summed E-state index contributed by atoms with van der Waals surface area (Å²) in [6, 6.07) is 6.16. The highest BCUT2D eigenvalue weighted by Crippen LogP contribution is 2.34. The van der Waals surface area contributed by atoms with Crippen molar-refractivity contribution in [2.24, 2.45) is 0 Å². The third-order valence-electron chi connectivity index (χ3n) is 4.20. The zero-order valence-electron chi connectivity index (χ0n) is 12.6. The fraction of sp³-hybridized carbons (Fsp3) is 0.625. The van der Waals surface area contributed by atoms with E-state index in [2.05, 4.69) is 5.32 Å². The Morgan fingerprint density at radius 2 is 1.95 bits per heavy atom. The van der Waals surface area contributed by atoms with Crippen molar-refractivity contribution in [2.45, 2.75) is 44.2 Å². The van der Waals surface area contributed by atoms with Gasteiger partial charge >= 0.3 is 0 Å². The van der Waals surface area contributed by atoms with Gasteiger partial charge in [-0.15, -0.1) is 0 Å². The summed E-state index contributed by atoms with van der Waals surface area (Å²) in [5, 5.41) is 13.5. The molecule has 1 unspecified atom stereocenters. The van der Waals surface area contributed by atoms with Gasteiger partial charge in [0.2, 0.25) is 0 Å². The van der Waals surface area contributed by atoms with E-state index in [1.807, 2.05) is 25.1 Å². The van der Waals surface area contributed by atoms with E-state index < -0.39 is 5.54 Å². The largest absolute Gasteiger partial charge is 0.497 e. The van der Waals surface area contributed by atoms with Crippen LogP contribution in [0, 0.1) is 0 Å². The van der Waals surface area contributed by atoms with Crippen LogP contribution in [0.25, 0.3) is 0 Å². The lowest BCUT2D eigenvalue weighted by molar-refractivity contribution is 0.158. The summed E-state index contributed by atoms with van der Waals surface area (Å²) in [5.41, 5.74) is 0.420. The molecule has 4 nitrogen and oxygen atoms in total. The maximum Gasteiger partial charge on any atom is 0.124 e. The predicted octanol–water partition coefficient (Wildman–Crippen LogP) is 2.44. The molecule has 0 heterocycles. The van der Waals surface area contributed by atoms with Gasteiger partial charge in [-0.3, -0.25) is 0 Å². The zero-order valence-corrected chi connectivity index (χ0v) is 12.6. The SMILES string of the molecule is COc1ccc(OC)c(C(C)(CO)NC2CCCC2)c1. The van der Waals surface area contributed by atoms with Crippen LogP contribution < -0.4 is 14.8 Å². The lowest BCUT2D eigenvalue weighted by atomic mass is 9.90. The molecule has 20 heavy (non-hydrogen) atoms. The first kappa shape index (κ1) is 15.1. The second kappa shape index (κ2) is 6.46. The standard InChI is InChI=1S/C16H25NO3/c1-16(11-18,17-12-6-4-5-7-12)14-10-13(19-2)8-9-15(14)20-3/h8-10,12,17-18H,4-7,11H2,1-3H3. The van der Waals surface area contributed by atoms with Crippen LogP contribution in [0.3, 0.4) is 0 Å². The topological polar surface area (TPSA) is 50.7 Å². The minimum Gasteiger partial charge on any atom is -0.497 e. The normalized spacial score (nSPS) is 18.8. The Hall–Kier alpha value is -1.26. The van der Waals surface area contributed by atoms with Crippen LogP contribution in [-0.2, 0) is 5.54 Å². The van der Waals surface area contributed by atoms with Crippen molar-refractivity contribution in [1.82, 2.24) is 5.32 Å². The van der Waals surface area contributed by atoms with Gasteiger partial charge in [-0.05, 0) is 38.0 Å². The van der Waals surface area contributed by atoms with Crippen molar-refractivity contribution in [3.8, 4) is 11.5 Å². The Labute approximate surface area is 121 Å². The maximum atomic E-state index is 9.92. The van der Waals surface area contributed by atoms with Gasteiger partial charge in [0.15, 0.2) is 0 Å². The Balaban J connectivity index is 2.32. The number of aliphatic hydroxyl groups excluding tert-OH is 1. The van der Waals surface area contributed by atoms with Crippen molar-refractivity contribution >= 4 is 0 Å². The molecule has 1 aromatic rings. The van der Waals surface area contributed by atoms with E-state index in [1.165, 1.54) is 25.7 Å². The Morgan fingerprint density at radius 1 is 1.25 bits per heavy atom. The highest BCUT2D eigenvalue weighted by atomic mass is 16.5. The molecule has 1 aliphatic carbocycles. The molecule has 1 atom stereocenters. The first-order valence-electron chi connectivity index (χ1n) is 7.24. The maximum absolute atomic E-state index is 9.92. The Bertz CT molecular complexity index is 443. The van der Waals surface area contributed by atoms with Crippen molar-refractivity contribution in [2.75, 3.05) is 20.8 Å². The number of ether oxygens (including phenoxy) is 2. The first-order chi connectivity index (χ1) is 9.62. The lowest BCUT2D eigenvalue weighted by Gasteiger charge is -2.34. The smallest absolute Gasteiger partial charge is 0.124 e. The van der Waals surface area contributed by atoms with E-state index in [0.29, 0.717) is 6.04 Å². The van der Waals surface area contributed by atoms with Gasteiger partial charge in [0.1, 0.15) is 11.5 Å². The molecule has 0 spiro atoms. The van der Waals surface area contributed by atoms with Crippen LogP contribution in [0.15, 0.2) is 18.2 Å². The molecule has 2 rings (SSSR count). The molecule has 1 fully saturated rings. The minimum absolute atomic E-state index is 0.0209. The molecule has 1 aromatic carbocycles. The van der Waals surface area contributed by atoms with Gasteiger partial charge in [-0.2, -0.15) is 0 Å². The van der Waals surface area contributed by atoms with Gasteiger partial charge < -0.3 is 19.9 Å². The van der Waals surface area contributed by atoms with E-state index in [1.54, 1.807) is 14.2 Å². The molecule has 0 aliphatic heterocycles. The molecule has 112 valence electrons. The Morgan fingerprint density at radius 3 is 2.50 bits per heavy atom. The number of methoxy groups -OCH3 is 2. The van der Waals surface area contributed by atoms with Crippen molar-refractivity contribution < 1.29 is 14.6 Å². The van der Waals surface area contributed by atoms with Gasteiger partial charge in [0, 0.05) is 11.6 Å². The summed E-state index contributed by atoms with van der Waals surface area (Å²) >= 11 is 0. The molecule has 1 saturated carbocycles. The van der Waals surface area contributed by atoms with Crippen LogP contribution in [0.5, 0.6) is 11.5 Å². The molecule has 4 heteroatoms. The van der Waals surface area contributed by atoms with Crippen LogP contribution in [0.4, 0.5) is 0 Å². The number of rotatable bonds is 6. The monoisotopic (exact) mass is 279 g/mol. The molecule has 1 aliphatic rings. The van der Waals surface area contributed by atoms with Crippen LogP contribution in [0.1, 0.15) is 38.2 Å². The summed E-state index contributed by atoms with van der Waals surface area (Å²) < 4.78 is 10.7. The van der Waals surface area contributed by atoms with Gasteiger partial charge in [-0.1, -0.05) is 12.8 Å². The average Bonchev–Trinajstić information content (AvgIpc) is 2.99. The number of benzene rings is 1. The van der Waals surface area contributed by atoms with Crippen molar-refractivity contribution in [3.63, 3.8) is 0 Å². The minimum atomic E-state index is -0.519. The van der Waals surface area contributed by atoms with E-state index >= 15 is 0 Å². The summed E-state index contributed by atoms with van der Waals surface area (Å²) in [6.45, 7) is 2.04. The highest BCUT2D eigenvalue weighted by Gasteiger charge is 2.32. The summed E-state index contributed by atoms with van der Waals surface area (Å²) in [6.07, 6.45) is 4.85. The van der Waals surface area contributed by atoms with E-state index in [0.717, 1.165) is 17.1 Å². The zero-order chi connectivity index (χ0) is 14.6. The molecule has 0 radical (unpaired) electrons. The van der Waals surface area contributed by atoms with E-state index in [-0.39, 0.29) is 6.61 Å². The fourth-order valence-corrected chi connectivity index (χ4v) is 2.97. The molecule has 0 saturated heterocycles. The number of hydrogen-bond donors (Lipinski definition) is 2. The third kappa shape index (κ3) is 3.07. The second-order valence-electron chi connectivity index (χ2n) is 5.68. The third-order valence-corrected chi connectivity index (χ3v) is 4.20. The highest BCUT2D eigenvalue weighted by molar-refractivity contribution is 5.44. The number of nitrogens with one attached hydrogen (secondary N) is 1. The molecular weight excluding hydrogens is 254 g/mol. The van der Waals surface area contributed by atoms with Crippen molar-refractivity contribution in [3.05, 3.63) is 23.8 Å². The average molecular weight is 279 g/mol. The number of aliphatic hydroxyl groups is 1. The van der Waals surface area contributed by atoms with Crippen LogP contribution in [0.2, 0.25) is 0 Å². The first-order valence-corrected chi connectivity index (χ1v) is 7.24. The predicted molar refractivity (Wildman–Crippen MR) is 79.4 cm³/mol. The summed E-state index contributed by atoms with van der Waals surface area (Å²) in [4.78, 5) is 0.